The van der Waals surface area contributed by atoms with Gasteiger partial charge in [0, 0.05) is 37.6 Å². The highest BCUT2D eigenvalue weighted by molar-refractivity contribution is 6.30. The molecule has 2 aliphatic rings. The molecule has 37 heavy (non-hydrogen) atoms. The summed E-state index contributed by atoms with van der Waals surface area (Å²) in [5.74, 6) is -3.29. The molecule has 1 saturated heterocycles. The van der Waals surface area contributed by atoms with Crippen LogP contribution >= 0.6 is 11.6 Å². The molecule has 4 rings (SSSR count). The Hall–Kier alpha value is -2.86. The lowest BCUT2D eigenvalue weighted by Crippen LogP contribution is -2.46. The fourth-order valence-electron chi connectivity index (χ4n) is 4.61. The molecular formula is C25H26ClF3N2O6. The highest BCUT2D eigenvalue weighted by atomic mass is 35.5. The van der Waals surface area contributed by atoms with Crippen LogP contribution in [0.25, 0.3) is 0 Å². The van der Waals surface area contributed by atoms with E-state index in [1.807, 2.05) is 18.2 Å². The molecule has 8 nitrogen and oxygen atoms in total. The molecule has 0 bridgehead atoms. The SMILES string of the molecule is CC(=O)Nc1ccc(OC(=O)C(F)(F)F)cc1OC[C@@H](O)CN1CCC2(CC1)OCc1cc(Cl)ccc12. The second-order valence-corrected chi connectivity index (χ2v) is 9.51. The predicted octanol–water partition coefficient (Wildman–Crippen LogP) is 4.03. The zero-order chi connectivity index (χ0) is 26.8. The number of benzene rings is 2. The van der Waals surface area contributed by atoms with E-state index in [0.717, 1.165) is 36.1 Å². The Morgan fingerprint density at radius 3 is 2.62 bits per heavy atom. The predicted molar refractivity (Wildman–Crippen MR) is 128 cm³/mol. The first-order valence-corrected chi connectivity index (χ1v) is 12.0. The van der Waals surface area contributed by atoms with Crippen LogP contribution in [0.4, 0.5) is 18.9 Å². The summed E-state index contributed by atoms with van der Waals surface area (Å²) in [5, 5.41) is 13.7. The van der Waals surface area contributed by atoms with Gasteiger partial charge >= 0.3 is 12.1 Å². The number of hydrogen-bond donors (Lipinski definition) is 2. The number of aliphatic hydroxyl groups excluding tert-OH is 1. The lowest BCUT2D eigenvalue weighted by Gasteiger charge is -2.39. The Morgan fingerprint density at radius 1 is 1.22 bits per heavy atom. The first-order valence-electron chi connectivity index (χ1n) is 11.6. The van der Waals surface area contributed by atoms with Gasteiger partial charge in [0.25, 0.3) is 0 Å². The van der Waals surface area contributed by atoms with Crippen LogP contribution in [0.1, 0.15) is 30.9 Å². The van der Waals surface area contributed by atoms with Crippen LogP contribution in [0.3, 0.4) is 0 Å². The number of amides is 1. The molecule has 1 amide bonds. The molecule has 2 heterocycles. The van der Waals surface area contributed by atoms with Crippen LogP contribution < -0.4 is 14.8 Å². The summed E-state index contributed by atoms with van der Waals surface area (Å²) in [5.41, 5.74) is 2.03. The number of anilines is 1. The number of carbonyl (C=O) groups is 2. The van der Waals surface area contributed by atoms with E-state index in [2.05, 4.69) is 15.0 Å². The lowest BCUT2D eigenvalue weighted by molar-refractivity contribution is -0.189. The number of hydrogen-bond acceptors (Lipinski definition) is 7. The minimum Gasteiger partial charge on any atom is -0.489 e. The molecule has 0 saturated carbocycles. The quantitative estimate of drug-likeness (QED) is 0.403. The van der Waals surface area contributed by atoms with Crippen LogP contribution in [0.15, 0.2) is 36.4 Å². The molecule has 2 N–H and O–H groups in total. The van der Waals surface area contributed by atoms with Gasteiger partial charge in [-0.1, -0.05) is 17.7 Å². The van der Waals surface area contributed by atoms with Crippen molar-refractivity contribution >= 4 is 29.2 Å². The Kier molecular flexibility index (Phi) is 7.98. The number of rotatable bonds is 7. The standard InChI is InChI=1S/C25H26ClF3N2O6/c1-15(32)30-21-5-3-19(37-23(34)25(27,28)29)11-22(21)35-14-18(33)12-31-8-6-24(7-9-31)20-4-2-17(26)10-16(20)13-36-24/h2-5,10-11,18,33H,6-9,12-14H2,1H3,(H,30,32)/t18-/m0/s1. The lowest BCUT2D eigenvalue weighted by atomic mass is 9.84. The number of halogens is 4. The normalized spacial score (nSPS) is 17.8. The van der Waals surface area contributed by atoms with E-state index in [-0.39, 0.29) is 23.6 Å². The number of aliphatic hydroxyl groups is 1. The Labute approximate surface area is 216 Å². The van der Waals surface area contributed by atoms with Crippen molar-refractivity contribution < 1.29 is 42.1 Å². The van der Waals surface area contributed by atoms with E-state index in [0.29, 0.717) is 31.3 Å². The number of likely N-dealkylation sites (tertiary alicyclic amines) is 1. The maximum Gasteiger partial charge on any atom is 0.491 e. The average molecular weight is 543 g/mol. The number of piperidine rings is 1. The van der Waals surface area contributed by atoms with Crippen molar-refractivity contribution in [3.8, 4) is 11.5 Å². The third-order valence-electron chi connectivity index (χ3n) is 6.33. The molecule has 1 spiro atoms. The number of alkyl halides is 3. The number of esters is 1. The van der Waals surface area contributed by atoms with Gasteiger partial charge in [-0.3, -0.25) is 4.79 Å². The maximum absolute atomic E-state index is 12.5. The van der Waals surface area contributed by atoms with Gasteiger partial charge in [-0.15, -0.1) is 0 Å². The summed E-state index contributed by atoms with van der Waals surface area (Å²) in [7, 11) is 0. The molecule has 2 aromatic rings. The summed E-state index contributed by atoms with van der Waals surface area (Å²) in [4.78, 5) is 24.7. The number of ether oxygens (including phenoxy) is 3. The Morgan fingerprint density at radius 2 is 1.95 bits per heavy atom. The highest BCUT2D eigenvalue weighted by Crippen LogP contribution is 2.44. The molecule has 1 fully saturated rings. The molecule has 2 aromatic carbocycles. The number of carbonyl (C=O) groups excluding carboxylic acids is 2. The molecule has 0 aromatic heterocycles. The second-order valence-electron chi connectivity index (χ2n) is 9.08. The van der Waals surface area contributed by atoms with Gasteiger partial charge in [-0.2, -0.15) is 13.2 Å². The zero-order valence-corrected chi connectivity index (χ0v) is 20.7. The van der Waals surface area contributed by atoms with Gasteiger partial charge in [0.15, 0.2) is 0 Å². The van der Waals surface area contributed by atoms with E-state index < -0.39 is 29.9 Å². The summed E-state index contributed by atoms with van der Waals surface area (Å²) in [6.45, 7) is 3.21. The molecule has 12 heteroatoms. The highest BCUT2D eigenvalue weighted by Gasteiger charge is 2.43. The monoisotopic (exact) mass is 542 g/mol. The van der Waals surface area contributed by atoms with E-state index in [1.54, 1.807) is 0 Å². The molecular weight excluding hydrogens is 517 g/mol. The first-order chi connectivity index (χ1) is 17.4. The number of β-amino-alcohol motifs (C(OH)–C–C–N with tert-alkyl or cyclic N) is 1. The number of fused-ring (bicyclic) bond motifs is 2. The largest absolute Gasteiger partial charge is 0.491 e. The van der Waals surface area contributed by atoms with Gasteiger partial charge in [0.1, 0.15) is 24.2 Å². The van der Waals surface area contributed by atoms with Crippen molar-refractivity contribution in [1.29, 1.82) is 0 Å². The molecule has 0 unspecified atom stereocenters. The van der Waals surface area contributed by atoms with Crippen molar-refractivity contribution in [2.45, 2.75) is 44.3 Å². The van der Waals surface area contributed by atoms with Crippen molar-refractivity contribution in [2.24, 2.45) is 0 Å². The third kappa shape index (κ3) is 6.53. The Bertz CT molecular complexity index is 1170. The van der Waals surface area contributed by atoms with E-state index in [9.17, 15) is 27.9 Å². The van der Waals surface area contributed by atoms with E-state index in [1.165, 1.54) is 13.0 Å². The summed E-state index contributed by atoms with van der Waals surface area (Å²) >= 11 is 6.10. The second kappa shape index (κ2) is 10.9. The van der Waals surface area contributed by atoms with Crippen molar-refractivity contribution in [2.75, 3.05) is 31.6 Å². The van der Waals surface area contributed by atoms with Crippen LogP contribution in [0.2, 0.25) is 5.02 Å². The summed E-state index contributed by atoms with van der Waals surface area (Å²) in [6, 6.07) is 9.19. The van der Waals surface area contributed by atoms with Crippen molar-refractivity contribution in [3.05, 3.63) is 52.5 Å². The minimum atomic E-state index is -5.17. The molecule has 1 atom stereocenters. The van der Waals surface area contributed by atoms with Gasteiger partial charge in [0.2, 0.25) is 5.91 Å². The molecule has 200 valence electrons. The van der Waals surface area contributed by atoms with Crippen LogP contribution in [-0.2, 0) is 26.5 Å². The minimum absolute atomic E-state index is 0.0473. The van der Waals surface area contributed by atoms with Crippen molar-refractivity contribution in [1.82, 2.24) is 4.90 Å². The fraction of sp³-hybridized carbons (Fsp3) is 0.440. The molecule has 0 aliphatic carbocycles. The first kappa shape index (κ1) is 27.2. The van der Waals surface area contributed by atoms with Crippen LogP contribution in [-0.4, -0.2) is 60.4 Å². The van der Waals surface area contributed by atoms with Crippen molar-refractivity contribution in [3.63, 3.8) is 0 Å². The molecule has 2 aliphatic heterocycles. The van der Waals surface area contributed by atoms with E-state index in [4.69, 9.17) is 21.1 Å². The summed E-state index contributed by atoms with van der Waals surface area (Å²) in [6.07, 6.45) is -4.61. The zero-order valence-electron chi connectivity index (χ0n) is 19.9. The third-order valence-corrected chi connectivity index (χ3v) is 6.57. The van der Waals surface area contributed by atoms with Crippen LogP contribution in [0.5, 0.6) is 11.5 Å². The van der Waals surface area contributed by atoms with Gasteiger partial charge < -0.3 is 29.5 Å². The maximum atomic E-state index is 12.5. The summed E-state index contributed by atoms with van der Waals surface area (Å²) < 4.78 is 53.7. The van der Waals surface area contributed by atoms with E-state index >= 15 is 0 Å². The fourth-order valence-corrected chi connectivity index (χ4v) is 4.81. The molecule has 0 radical (unpaired) electrons. The smallest absolute Gasteiger partial charge is 0.489 e. The number of nitrogens with one attached hydrogen (secondary N) is 1. The topological polar surface area (TPSA) is 97.3 Å². The van der Waals surface area contributed by atoms with Gasteiger partial charge in [0.05, 0.1) is 17.9 Å². The van der Waals surface area contributed by atoms with Crippen LogP contribution in [0, 0.1) is 0 Å². The number of nitrogens with zero attached hydrogens (tertiary/aromatic N) is 1. The van der Waals surface area contributed by atoms with Gasteiger partial charge in [-0.25, -0.2) is 4.79 Å². The average Bonchev–Trinajstić information content (AvgIpc) is 3.16. The van der Waals surface area contributed by atoms with Gasteiger partial charge in [-0.05, 0) is 48.2 Å². The Balaban J connectivity index is 1.34.